The summed E-state index contributed by atoms with van der Waals surface area (Å²) in [6.45, 7) is 1.72. The highest BCUT2D eigenvalue weighted by Crippen LogP contribution is 2.36. The smallest absolute Gasteiger partial charge is 0.322 e. The fourth-order valence-corrected chi connectivity index (χ4v) is 2.83. The quantitative estimate of drug-likeness (QED) is 0.596. The molecule has 1 aromatic carbocycles. The van der Waals surface area contributed by atoms with Crippen LogP contribution in [0.2, 0.25) is 0 Å². The Kier molecular flexibility index (Phi) is 3.91. The number of fused-ring (bicyclic) bond motifs is 1. The third kappa shape index (κ3) is 2.92. The highest BCUT2D eigenvalue weighted by atomic mass is 19.1. The van der Waals surface area contributed by atoms with Crippen molar-refractivity contribution in [1.82, 2.24) is 24.5 Å². The van der Waals surface area contributed by atoms with Gasteiger partial charge in [-0.3, -0.25) is 0 Å². The van der Waals surface area contributed by atoms with Crippen LogP contribution in [-0.2, 0) is 7.05 Å². The van der Waals surface area contributed by atoms with Gasteiger partial charge in [0.05, 0.1) is 5.39 Å². The molecule has 7 nitrogen and oxygen atoms in total. The van der Waals surface area contributed by atoms with Crippen LogP contribution < -0.4 is 10.5 Å². The number of benzene rings is 1. The molecule has 27 heavy (non-hydrogen) atoms. The fraction of sp³-hybridized carbons (Fsp3) is 0.111. The molecule has 0 amide bonds. The predicted octanol–water partition coefficient (Wildman–Crippen LogP) is 3.39. The second-order valence-electron chi connectivity index (χ2n) is 5.96. The molecular formula is C18H14F2N6O. The number of halogens is 2. The average Bonchev–Trinajstić information content (AvgIpc) is 2.96. The van der Waals surface area contributed by atoms with E-state index in [0.29, 0.717) is 22.3 Å². The molecule has 4 aromatic rings. The Bertz CT molecular complexity index is 1150. The van der Waals surface area contributed by atoms with Crippen LogP contribution in [0.15, 0.2) is 36.9 Å². The number of hydrogen-bond donors (Lipinski definition) is 1. The summed E-state index contributed by atoms with van der Waals surface area (Å²) in [7, 11) is 1.76. The summed E-state index contributed by atoms with van der Waals surface area (Å²) < 4.78 is 36.1. The molecule has 0 aliphatic carbocycles. The van der Waals surface area contributed by atoms with E-state index in [4.69, 9.17) is 10.5 Å². The molecule has 9 heteroatoms. The van der Waals surface area contributed by atoms with Gasteiger partial charge in [-0.1, -0.05) is 0 Å². The molecular weight excluding hydrogens is 354 g/mol. The summed E-state index contributed by atoms with van der Waals surface area (Å²) in [6, 6.07) is 3.84. The van der Waals surface area contributed by atoms with Gasteiger partial charge >= 0.3 is 6.01 Å². The lowest BCUT2D eigenvalue weighted by Crippen LogP contribution is -1.98. The zero-order valence-corrected chi connectivity index (χ0v) is 14.4. The molecule has 0 aliphatic heterocycles. The Labute approximate surface area is 152 Å². The van der Waals surface area contributed by atoms with Crippen LogP contribution in [0.5, 0.6) is 11.8 Å². The van der Waals surface area contributed by atoms with Crippen molar-refractivity contribution in [2.24, 2.45) is 7.05 Å². The molecule has 0 aliphatic rings. The van der Waals surface area contributed by atoms with E-state index in [9.17, 15) is 8.78 Å². The van der Waals surface area contributed by atoms with Crippen molar-refractivity contribution in [2.75, 3.05) is 5.73 Å². The third-order valence-electron chi connectivity index (χ3n) is 4.06. The van der Waals surface area contributed by atoms with Gasteiger partial charge < -0.3 is 15.0 Å². The van der Waals surface area contributed by atoms with Gasteiger partial charge in [0.25, 0.3) is 0 Å². The first-order valence-corrected chi connectivity index (χ1v) is 7.96. The van der Waals surface area contributed by atoms with E-state index in [-0.39, 0.29) is 17.4 Å². The number of aryl methyl sites for hydroxylation is 2. The standard InChI is InChI=1S/C18H14F2N6O/c1-9-3-4-22-18(25-9)27-15-12(19)5-10(6-13(15)20)11-7-26(2)17-14(11)16(21)23-8-24-17/h3-8H,1-2H3,(H2,21,23,24). The Morgan fingerprint density at radius 1 is 1.11 bits per heavy atom. The summed E-state index contributed by atoms with van der Waals surface area (Å²) >= 11 is 0. The van der Waals surface area contributed by atoms with Crippen LogP contribution >= 0.6 is 0 Å². The molecule has 3 heterocycles. The third-order valence-corrected chi connectivity index (χ3v) is 4.06. The van der Waals surface area contributed by atoms with E-state index in [1.54, 1.807) is 30.8 Å². The maximum atomic E-state index is 14.6. The van der Waals surface area contributed by atoms with Crippen LogP contribution in [0.4, 0.5) is 14.6 Å². The first-order chi connectivity index (χ1) is 12.9. The number of hydrogen-bond acceptors (Lipinski definition) is 6. The molecule has 0 unspecified atom stereocenters. The van der Waals surface area contributed by atoms with Crippen LogP contribution in [0.25, 0.3) is 22.2 Å². The molecule has 0 saturated heterocycles. The van der Waals surface area contributed by atoms with Crippen molar-refractivity contribution in [2.45, 2.75) is 6.92 Å². The zero-order chi connectivity index (χ0) is 19.1. The van der Waals surface area contributed by atoms with Crippen molar-refractivity contribution >= 4 is 16.9 Å². The van der Waals surface area contributed by atoms with Gasteiger partial charge in [-0.15, -0.1) is 0 Å². The molecule has 0 bridgehead atoms. The van der Waals surface area contributed by atoms with Gasteiger partial charge in [-0.2, -0.15) is 0 Å². The van der Waals surface area contributed by atoms with Crippen molar-refractivity contribution in [3.63, 3.8) is 0 Å². The number of nitrogens with two attached hydrogens (primary N) is 1. The van der Waals surface area contributed by atoms with Crippen LogP contribution in [0.3, 0.4) is 0 Å². The molecule has 136 valence electrons. The minimum Gasteiger partial charge on any atom is -0.418 e. The van der Waals surface area contributed by atoms with E-state index < -0.39 is 17.4 Å². The molecule has 4 rings (SSSR count). The maximum absolute atomic E-state index is 14.6. The highest BCUT2D eigenvalue weighted by Gasteiger charge is 2.19. The van der Waals surface area contributed by atoms with Crippen LogP contribution in [0, 0.1) is 18.6 Å². The van der Waals surface area contributed by atoms with E-state index in [0.717, 1.165) is 12.1 Å². The van der Waals surface area contributed by atoms with Crippen molar-refractivity contribution in [3.05, 3.63) is 54.2 Å². The Morgan fingerprint density at radius 2 is 1.85 bits per heavy atom. The lowest BCUT2D eigenvalue weighted by Gasteiger charge is -2.09. The van der Waals surface area contributed by atoms with Gasteiger partial charge in [0, 0.05) is 30.7 Å². The van der Waals surface area contributed by atoms with E-state index >= 15 is 0 Å². The Morgan fingerprint density at radius 3 is 2.56 bits per heavy atom. The monoisotopic (exact) mass is 368 g/mol. The Balaban J connectivity index is 1.81. The Hall–Kier alpha value is -3.62. The number of aromatic nitrogens is 5. The summed E-state index contributed by atoms with van der Waals surface area (Å²) in [4.78, 5) is 15.9. The number of anilines is 1. The topological polar surface area (TPSA) is 91.7 Å². The SMILES string of the molecule is Cc1ccnc(Oc2c(F)cc(-c3cn(C)c4ncnc(N)c34)cc2F)n1. The van der Waals surface area contributed by atoms with Gasteiger partial charge in [0.1, 0.15) is 17.8 Å². The number of nitrogen functional groups attached to an aromatic ring is 1. The average molecular weight is 368 g/mol. The zero-order valence-electron chi connectivity index (χ0n) is 14.4. The summed E-state index contributed by atoms with van der Waals surface area (Å²) in [5, 5.41) is 0.523. The summed E-state index contributed by atoms with van der Waals surface area (Å²) in [5.41, 5.74) is 7.92. The molecule has 3 aromatic heterocycles. The van der Waals surface area contributed by atoms with Gasteiger partial charge in [0.15, 0.2) is 11.6 Å². The molecule has 0 spiro atoms. The number of ether oxygens (including phenoxy) is 1. The normalized spacial score (nSPS) is 11.1. The van der Waals surface area contributed by atoms with E-state index in [2.05, 4.69) is 19.9 Å². The second kappa shape index (κ2) is 6.27. The van der Waals surface area contributed by atoms with Crippen molar-refractivity contribution in [1.29, 1.82) is 0 Å². The molecule has 0 saturated carbocycles. The van der Waals surface area contributed by atoms with Crippen molar-refractivity contribution in [3.8, 4) is 22.9 Å². The van der Waals surface area contributed by atoms with Crippen LogP contribution in [0.1, 0.15) is 5.69 Å². The van der Waals surface area contributed by atoms with Crippen LogP contribution in [-0.4, -0.2) is 24.5 Å². The van der Waals surface area contributed by atoms with E-state index in [1.165, 1.54) is 12.5 Å². The van der Waals surface area contributed by atoms with Gasteiger partial charge in [-0.05, 0) is 30.7 Å². The lowest BCUT2D eigenvalue weighted by atomic mass is 10.1. The largest absolute Gasteiger partial charge is 0.418 e. The summed E-state index contributed by atoms with van der Waals surface area (Å²) in [6.07, 6.45) is 4.47. The highest BCUT2D eigenvalue weighted by molar-refractivity contribution is 6.00. The fourth-order valence-electron chi connectivity index (χ4n) is 2.83. The van der Waals surface area contributed by atoms with Crippen molar-refractivity contribution < 1.29 is 13.5 Å². The molecule has 0 atom stereocenters. The first-order valence-electron chi connectivity index (χ1n) is 7.96. The summed E-state index contributed by atoms with van der Waals surface area (Å²) in [5.74, 6) is -2.12. The number of nitrogens with zero attached hydrogens (tertiary/aromatic N) is 5. The minimum absolute atomic E-state index is 0.136. The molecule has 2 N–H and O–H groups in total. The lowest BCUT2D eigenvalue weighted by molar-refractivity contribution is 0.381. The molecule has 0 radical (unpaired) electrons. The second-order valence-corrected chi connectivity index (χ2v) is 5.96. The maximum Gasteiger partial charge on any atom is 0.322 e. The molecule has 0 fully saturated rings. The van der Waals surface area contributed by atoms with Gasteiger partial charge in [0.2, 0.25) is 5.75 Å². The first kappa shape index (κ1) is 16.8. The minimum atomic E-state index is -0.887. The van der Waals surface area contributed by atoms with Gasteiger partial charge in [-0.25, -0.2) is 28.7 Å². The number of rotatable bonds is 3. The van der Waals surface area contributed by atoms with E-state index in [1.807, 2.05) is 0 Å². The predicted molar refractivity (Wildman–Crippen MR) is 95.1 cm³/mol.